The summed E-state index contributed by atoms with van der Waals surface area (Å²) in [5.41, 5.74) is 1.52. The zero-order valence-corrected chi connectivity index (χ0v) is 12.2. The third-order valence-corrected chi connectivity index (χ3v) is 3.95. The molecule has 0 aliphatic carbocycles. The predicted octanol–water partition coefficient (Wildman–Crippen LogP) is 2.65. The van der Waals surface area contributed by atoms with Gasteiger partial charge in [-0.05, 0) is 37.3 Å². The summed E-state index contributed by atoms with van der Waals surface area (Å²) in [6.07, 6.45) is 2.97. The number of carboxylic acids is 1. The van der Waals surface area contributed by atoms with Gasteiger partial charge in [-0.15, -0.1) is 0 Å². The zero-order chi connectivity index (χ0) is 15.2. The Bertz CT molecular complexity index is 551. The number of ether oxygens (including phenoxy) is 1. The van der Waals surface area contributed by atoms with E-state index >= 15 is 0 Å². The van der Waals surface area contributed by atoms with E-state index in [-0.39, 0.29) is 6.42 Å². The van der Waals surface area contributed by atoms with Gasteiger partial charge in [0.15, 0.2) is 0 Å². The number of benzene rings is 1. The fourth-order valence-corrected chi connectivity index (χ4v) is 2.84. The summed E-state index contributed by atoms with van der Waals surface area (Å²) in [6.45, 7) is 1.69. The molecule has 112 valence electrons. The first-order chi connectivity index (χ1) is 10.1. The molecule has 0 amide bonds. The van der Waals surface area contributed by atoms with Crippen LogP contribution in [-0.2, 0) is 4.79 Å². The van der Waals surface area contributed by atoms with E-state index < -0.39 is 5.97 Å². The summed E-state index contributed by atoms with van der Waals surface area (Å²) in [7, 11) is 1.61. The van der Waals surface area contributed by atoms with Crippen molar-refractivity contribution in [2.75, 3.05) is 25.1 Å². The van der Waals surface area contributed by atoms with Crippen molar-refractivity contribution in [3.05, 3.63) is 23.8 Å². The number of carboxylic acid groups (broad SMARTS) is 1. The number of nitriles is 1. The molecule has 0 bridgehead atoms. The van der Waals surface area contributed by atoms with E-state index in [2.05, 4.69) is 11.0 Å². The lowest BCUT2D eigenvalue weighted by atomic mass is 9.92. The van der Waals surface area contributed by atoms with Crippen molar-refractivity contribution in [1.82, 2.24) is 0 Å². The number of carbonyl (C=O) groups is 1. The van der Waals surface area contributed by atoms with Crippen LogP contribution in [0.25, 0.3) is 0 Å². The van der Waals surface area contributed by atoms with Gasteiger partial charge >= 0.3 is 5.97 Å². The molecule has 1 saturated heterocycles. The van der Waals surface area contributed by atoms with Crippen molar-refractivity contribution in [3.63, 3.8) is 0 Å². The van der Waals surface area contributed by atoms with Gasteiger partial charge < -0.3 is 14.7 Å². The molecule has 0 aromatic heterocycles. The zero-order valence-electron chi connectivity index (χ0n) is 12.2. The van der Waals surface area contributed by atoms with E-state index in [9.17, 15) is 10.1 Å². The Labute approximate surface area is 124 Å². The lowest BCUT2D eigenvalue weighted by molar-refractivity contribution is -0.137. The average Bonchev–Trinajstić information content (AvgIpc) is 2.52. The molecule has 1 unspecified atom stereocenters. The van der Waals surface area contributed by atoms with Crippen LogP contribution in [0.4, 0.5) is 5.69 Å². The van der Waals surface area contributed by atoms with Crippen molar-refractivity contribution in [2.24, 2.45) is 5.92 Å². The first-order valence-corrected chi connectivity index (χ1v) is 7.19. The van der Waals surface area contributed by atoms with Crippen LogP contribution < -0.4 is 9.64 Å². The predicted molar refractivity (Wildman–Crippen MR) is 79.5 cm³/mol. The van der Waals surface area contributed by atoms with Crippen LogP contribution in [0.5, 0.6) is 5.75 Å². The van der Waals surface area contributed by atoms with Crippen molar-refractivity contribution in [2.45, 2.75) is 25.7 Å². The van der Waals surface area contributed by atoms with Crippen LogP contribution in [-0.4, -0.2) is 31.3 Å². The molecule has 0 radical (unpaired) electrons. The third-order valence-electron chi connectivity index (χ3n) is 3.95. The molecule has 1 atom stereocenters. The van der Waals surface area contributed by atoms with E-state index in [0.717, 1.165) is 37.4 Å². The largest absolute Gasteiger partial charge is 0.497 e. The first-order valence-electron chi connectivity index (χ1n) is 7.19. The Morgan fingerprint density at radius 2 is 2.38 bits per heavy atom. The molecule has 1 fully saturated rings. The van der Waals surface area contributed by atoms with Gasteiger partial charge in [0, 0.05) is 25.6 Å². The molecule has 1 aromatic rings. The van der Waals surface area contributed by atoms with Crippen molar-refractivity contribution in [3.8, 4) is 11.8 Å². The Morgan fingerprint density at radius 1 is 1.57 bits per heavy atom. The van der Waals surface area contributed by atoms with Gasteiger partial charge in [-0.3, -0.25) is 4.79 Å². The van der Waals surface area contributed by atoms with E-state index in [0.29, 0.717) is 17.9 Å². The maximum atomic E-state index is 10.7. The molecule has 21 heavy (non-hydrogen) atoms. The van der Waals surface area contributed by atoms with Crippen LogP contribution in [0.3, 0.4) is 0 Å². The van der Waals surface area contributed by atoms with Crippen LogP contribution in [0.2, 0.25) is 0 Å². The smallest absolute Gasteiger partial charge is 0.303 e. The van der Waals surface area contributed by atoms with E-state index in [1.165, 1.54) is 0 Å². The number of nitrogens with zero attached hydrogens (tertiary/aromatic N) is 2. The standard InChI is InChI=1S/C16H20N2O3/c1-21-14-6-5-13(10-17)15(9-14)18-8-2-3-12(11-18)4-7-16(19)20/h5-6,9,12H,2-4,7-8,11H2,1H3,(H,19,20). The normalized spacial score (nSPS) is 18.1. The summed E-state index contributed by atoms with van der Waals surface area (Å²) in [4.78, 5) is 12.9. The molecule has 1 aromatic carbocycles. The number of piperidine rings is 1. The second-order valence-corrected chi connectivity index (χ2v) is 5.38. The molecule has 5 nitrogen and oxygen atoms in total. The van der Waals surface area contributed by atoms with Crippen LogP contribution in [0.15, 0.2) is 18.2 Å². The molecular weight excluding hydrogens is 268 g/mol. The highest BCUT2D eigenvalue weighted by Crippen LogP contribution is 2.30. The van der Waals surface area contributed by atoms with Gasteiger partial charge in [0.25, 0.3) is 0 Å². The van der Waals surface area contributed by atoms with Gasteiger partial charge in [0.1, 0.15) is 11.8 Å². The number of anilines is 1. The average molecular weight is 288 g/mol. The van der Waals surface area contributed by atoms with Crippen molar-refractivity contribution < 1.29 is 14.6 Å². The minimum atomic E-state index is -0.744. The van der Waals surface area contributed by atoms with Gasteiger partial charge in [0.05, 0.1) is 18.4 Å². The highest BCUT2D eigenvalue weighted by molar-refractivity contribution is 5.66. The Balaban J connectivity index is 2.13. The van der Waals surface area contributed by atoms with Crippen molar-refractivity contribution >= 4 is 11.7 Å². The lowest BCUT2D eigenvalue weighted by Crippen LogP contribution is -2.36. The van der Waals surface area contributed by atoms with Crippen LogP contribution in [0, 0.1) is 17.2 Å². The maximum absolute atomic E-state index is 10.7. The topological polar surface area (TPSA) is 73.6 Å². The minimum Gasteiger partial charge on any atom is -0.497 e. The number of aliphatic carboxylic acids is 1. The first kappa shape index (κ1) is 15.2. The number of hydrogen-bond donors (Lipinski definition) is 1. The molecule has 1 aliphatic heterocycles. The lowest BCUT2D eigenvalue weighted by Gasteiger charge is -2.35. The van der Waals surface area contributed by atoms with E-state index in [1.54, 1.807) is 19.2 Å². The summed E-state index contributed by atoms with van der Waals surface area (Å²) in [5.74, 6) is 0.357. The highest BCUT2D eigenvalue weighted by Gasteiger charge is 2.22. The SMILES string of the molecule is COc1ccc(C#N)c(N2CCCC(CCC(=O)O)C2)c1. The Morgan fingerprint density at radius 3 is 3.05 bits per heavy atom. The number of rotatable bonds is 5. The molecule has 1 aliphatic rings. The molecule has 0 spiro atoms. The highest BCUT2D eigenvalue weighted by atomic mass is 16.5. The quantitative estimate of drug-likeness (QED) is 0.901. The molecule has 1 heterocycles. The second-order valence-electron chi connectivity index (χ2n) is 5.38. The Hall–Kier alpha value is -2.22. The number of hydrogen-bond acceptors (Lipinski definition) is 4. The molecule has 0 saturated carbocycles. The molecule has 1 N–H and O–H groups in total. The van der Waals surface area contributed by atoms with E-state index in [4.69, 9.17) is 9.84 Å². The summed E-state index contributed by atoms with van der Waals surface area (Å²) < 4.78 is 5.24. The van der Waals surface area contributed by atoms with Crippen LogP contribution in [0.1, 0.15) is 31.2 Å². The molecule has 5 heteroatoms. The second kappa shape index (κ2) is 6.98. The number of methoxy groups -OCH3 is 1. The van der Waals surface area contributed by atoms with Gasteiger partial charge in [-0.1, -0.05) is 0 Å². The van der Waals surface area contributed by atoms with Crippen LogP contribution >= 0.6 is 0 Å². The van der Waals surface area contributed by atoms with Crippen molar-refractivity contribution in [1.29, 1.82) is 5.26 Å². The summed E-state index contributed by atoms with van der Waals surface area (Å²) in [6, 6.07) is 7.66. The molecular formula is C16H20N2O3. The minimum absolute atomic E-state index is 0.210. The van der Waals surface area contributed by atoms with Gasteiger partial charge in [-0.2, -0.15) is 5.26 Å². The van der Waals surface area contributed by atoms with Gasteiger partial charge in [0.2, 0.25) is 0 Å². The third kappa shape index (κ3) is 3.88. The Kier molecular flexibility index (Phi) is 5.04. The summed E-state index contributed by atoms with van der Waals surface area (Å²) in [5, 5.41) is 18.1. The van der Waals surface area contributed by atoms with E-state index in [1.807, 2.05) is 6.07 Å². The monoisotopic (exact) mass is 288 g/mol. The summed E-state index contributed by atoms with van der Waals surface area (Å²) >= 11 is 0. The molecule has 2 rings (SSSR count). The fraction of sp³-hybridized carbons (Fsp3) is 0.500. The maximum Gasteiger partial charge on any atom is 0.303 e. The fourth-order valence-electron chi connectivity index (χ4n) is 2.84. The van der Waals surface area contributed by atoms with Gasteiger partial charge in [-0.25, -0.2) is 0 Å².